The van der Waals surface area contributed by atoms with Gasteiger partial charge in [0.25, 0.3) is 5.91 Å². The smallest absolute Gasteiger partial charge is 0.412 e. The zero-order valence-corrected chi connectivity index (χ0v) is 20.2. The van der Waals surface area contributed by atoms with Gasteiger partial charge in [0.05, 0.1) is 30.7 Å². The van der Waals surface area contributed by atoms with E-state index in [0.717, 1.165) is 5.56 Å². The molecule has 0 heterocycles. The molecule has 0 aliphatic rings. The van der Waals surface area contributed by atoms with Gasteiger partial charge in [-0.1, -0.05) is 30.3 Å². The monoisotopic (exact) mass is 477 g/mol. The summed E-state index contributed by atoms with van der Waals surface area (Å²) >= 11 is 0. The van der Waals surface area contributed by atoms with E-state index in [2.05, 4.69) is 5.32 Å². The molecule has 0 atom stereocenters. The molecular formula is C27H31N3O5. The molecule has 35 heavy (non-hydrogen) atoms. The van der Waals surface area contributed by atoms with E-state index in [4.69, 9.17) is 19.9 Å². The van der Waals surface area contributed by atoms with E-state index in [1.54, 1.807) is 49.5 Å². The first-order chi connectivity index (χ1) is 16.9. The molecule has 3 aromatic carbocycles. The topological polar surface area (TPSA) is 103 Å². The predicted molar refractivity (Wildman–Crippen MR) is 137 cm³/mol. The maximum atomic E-state index is 13.2. The number of unbranched alkanes of at least 4 members (excludes halogenated alkanes) is 1. The number of ether oxygens (including phenoxy) is 3. The molecule has 0 aromatic heterocycles. The summed E-state index contributed by atoms with van der Waals surface area (Å²) in [5.41, 5.74) is 8.41. The van der Waals surface area contributed by atoms with E-state index in [0.29, 0.717) is 60.2 Å². The number of nitrogens with one attached hydrogen (secondary N) is 1. The Morgan fingerprint density at radius 1 is 0.971 bits per heavy atom. The summed E-state index contributed by atoms with van der Waals surface area (Å²) in [4.78, 5) is 26.5. The molecule has 0 fully saturated rings. The quantitative estimate of drug-likeness (QED) is 0.321. The molecular weight excluding hydrogens is 446 g/mol. The number of amides is 2. The third-order valence-electron chi connectivity index (χ3n) is 5.35. The Morgan fingerprint density at radius 3 is 2.49 bits per heavy atom. The molecule has 0 aliphatic carbocycles. The van der Waals surface area contributed by atoms with Crippen LogP contribution in [0.4, 0.5) is 16.2 Å². The van der Waals surface area contributed by atoms with Crippen LogP contribution in [0.1, 0.15) is 28.8 Å². The maximum Gasteiger partial charge on any atom is 0.412 e. The lowest BCUT2D eigenvalue weighted by molar-refractivity contribution is 0.0992. The molecule has 0 radical (unpaired) electrons. The summed E-state index contributed by atoms with van der Waals surface area (Å²) in [5.74, 6) is 1.27. The van der Waals surface area contributed by atoms with Crippen LogP contribution in [0.15, 0.2) is 66.7 Å². The fraction of sp³-hybridized carbons (Fsp3) is 0.259. The number of para-hydroxylation sites is 2. The van der Waals surface area contributed by atoms with E-state index in [9.17, 15) is 9.59 Å². The van der Waals surface area contributed by atoms with Crippen molar-refractivity contribution < 1.29 is 23.8 Å². The van der Waals surface area contributed by atoms with Gasteiger partial charge in [-0.2, -0.15) is 0 Å². The molecule has 3 rings (SSSR count). The molecule has 8 nitrogen and oxygen atoms in total. The highest BCUT2D eigenvalue weighted by molar-refractivity contribution is 6.10. The van der Waals surface area contributed by atoms with Crippen LogP contribution in [0.2, 0.25) is 0 Å². The minimum absolute atomic E-state index is 0.267. The minimum atomic E-state index is -0.491. The highest BCUT2D eigenvalue weighted by Crippen LogP contribution is 2.32. The average Bonchev–Trinajstić information content (AvgIpc) is 2.86. The Bertz CT molecular complexity index is 1150. The van der Waals surface area contributed by atoms with Gasteiger partial charge in [-0.05, 0) is 61.7 Å². The summed E-state index contributed by atoms with van der Waals surface area (Å²) < 4.78 is 16.4. The Labute approximate surface area is 205 Å². The predicted octanol–water partition coefficient (Wildman–Crippen LogP) is 4.81. The number of nitrogens with zero attached hydrogens (tertiary/aromatic N) is 1. The third kappa shape index (κ3) is 6.89. The maximum absolute atomic E-state index is 13.2. The normalized spacial score (nSPS) is 10.4. The molecule has 0 saturated carbocycles. The van der Waals surface area contributed by atoms with E-state index in [1.807, 2.05) is 31.2 Å². The van der Waals surface area contributed by atoms with Crippen molar-refractivity contribution in [1.82, 2.24) is 5.32 Å². The number of nitrogen functional groups attached to an aromatic ring is 1. The van der Waals surface area contributed by atoms with Crippen LogP contribution in [0.3, 0.4) is 0 Å². The molecule has 0 bridgehead atoms. The van der Waals surface area contributed by atoms with E-state index >= 15 is 0 Å². The Kier molecular flexibility index (Phi) is 8.95. The van der Waals surface area contributed by atoms with Crippen molar-refractivity contribution in [2.75, 3.05) is 37.9 Å². The largest absolute Gasteiger partial charge is 0.495 e. The summed E-state index contributed by atoms with van der Waals surface area (Å²) in [7, 11) is 3.19. The second-order valence-corrected chi connectivity index (χ2v) is 7.94. The lowest BCUT2D eigenvalue weighted by atomic mass is 10.1. The number of nitrogens with two attached hydrogens (primary N) is 1. The van der Waals surface area contributed by atoms with Gasteiger partial charge in [0, 0.05) is 13.6 Å². The van der Waals surface area contributed by atoms with Gasteiger partial charge in [-0.3, -0.25) is 4.79 Å². The first-order valence-electron chi connectivity index (χ1n) is 11.4. The fourth-order valence-electron chi connectivity index (χ4n) is 3.44. The number of carbonyl (C=O) groups excluding carboxylic acids is 2. The fourth-order valence-corrected chi connectivity index (χ4v) is 3.44. The van der Waals surface area contributed by atoms with E-state index in [-0.39, 0.29) is 5.91 Å². The van der Waals surface area contributed by atoms with Gasteiger partial charge in [0.1, 0.15) is 17.2 Å². The van der Waals surface area contributed by atoms with Crippen LogP contribution >= 0.6 is 0 Å². The number of anilines is 2. The number of hydrogen-bond donors (Lipinski definition) is 2. The van der Waals surface area contributed by atoms with Crippen LogP contribution < -0.4 is 30.2 Å². The Hall–Kier alpha value is -4.20. The second kappa shape index (κ2) is 12.3. The molecule has 0 unspecified atom stereocenters. The lowest BCUT2D eigenvalue weighted by Crippen LogP contribution is -2.28. The van der Waals surface area contributed by atoms with Crippen LogP contribution in [0.5, 0.6) is 17.2 Å². The zero-order chi connectivity index (χ0) is 25.2. The first kappa shape index (κ1) is 25.4. The number of benzene rings is 3. The minimum Gasteiger partial charge on any atom is -0.495 e. The standard InChI is InChI=1S/C27H31N3O5/c1-19-14-15-22(30(2)26(31)21-12-9-13-23(33-3)25(21)28)24(18-19)34-17-8-7-16-29-27(32)35-20-10-5-4-6-11-20/h4-6,9-15,18H,7-8,16-17,28H2,1-3H3,(H,29,32). The van der Waals surface area contributed by atoms with Crippen molar-refractivity contribution in [1.29, 1.82) is 0 Å². The van der Waals surface area contributed by atoms with Crippen molar-refractivity contribution in [3.63, 3.8) is 0 Å². The molecule has 0 aliphatic heterocycles. The Morgan fingerprint density at radius 2 is 1.74 bits per heavy atom. The third-order valence-corrected chi connectivity index (χ3v) is 5.35. The van der Waals surface area contributed by atoms with E-state index in [1.165, 1.54) is 12.0 Å². The molecule has 0 saturated heterocycles. The van der Waals surface area contributed by atoms with Gasteiger partial charge >= 0.3 is 6.09 Å². The number of hydrogen-bond acceptors (Lipinski definition) is 6. The van der Waals surface area contributed by atoms with Gasteiger partial charge < -0.3 is 30.2 Å². The van der Waals surface area contributed by atoms with Crippen molar-refractivity contribution >= 4 is 23.4 Å². The van der Waals surface area contributed by atoms with Gasteiger partial charge in [-0.15, -0.1) is 0 Å². The molecule has 3 N–H and O–H groups in total. The van der Waals surface area contributed by atoms with Gasteiger partial charge in [0.15, 0.2) is 0 Å². The summed E-state index contributed by atoms with van der Waals surface area (Å²) in [5, 5.41) is 2.72. The van der Waals surface area contributed by atoms with Crippen LogP contribution in [-0.2, 0) is 0 Å². The van der Waals surface area contributed by atoms with E-state index < -0.39 is 6.09 Å². The summed E-state index contributed by atoms with van der Waals surface area (Å²) in [6.07, 6.45) is 0.926. The van der Waals surface area contributed by atoms with Crippen molar-refractivity contribution in [3.8, 4) is 17.2 Å². The zero-order valence-electron chi connectivity index (χ0n) is 20.2. The SMILES string of the molecule is COc1cccc(C(=O)N(C)c2ccc(C)cc2OCCCCNC(=O)Oc2ccccc2)c1N. The number of carbonyl (C=O) groups is 2. The van der Waals surface area contributed by atoms with Crippen LogP contribution in [0, 0.1) is 6.92 Å². The number of methoxy groups -OCH3 is 1. The number of rotatable bonds is 10. The average molecular weight is 478 g/mol. The molecule has 8 heteroatoms. The van der Waals surface area contributed by atoms with Crippen molar-refractivity contribution in [3.05, 3.63) is 77.9 Å². The number of aryl methyl sites for hydroxylation is 1. The molecule has 3 aromatic rings. The molecule has 2 amide bonds. The second-order valence-electron chi connectivity index (χ2n) is 7.94. The highest BCUT2D eigenvalue weighted by atomic mass is 16.6. The van der Waals surface area contributed by atoms with Crippen LogP contribution in [-0.4, -0.2) is 39.3 Å². The lowest BCUT2D eigenvalue weighted by Gasteiger charge is -2.22. The molecule has 184 valence electrons. The van der Waals surface area contributed by atoms with Gasteiger partial charge in [-0.25, -0.2) is 4.79 Å². The summed E-state index contributed by atoms with van der Waals surface area (Å²) in [6, 6.07) is 19.7. The molecule has 0 spiro atoms. The Balaban J connectivity index is 1.54. The summed E-state index contributed by atoms with van der Waals surface area (Å²) in [6.45, 7) is 2.85. The van der Waals surface area contributed by atoms with Crippen molar-refractivity contribution in [2.24, 2.45) is 0 Å². The van der Waals surface area contributed by atoms with Gasteiger partial charge in [0.2, 0.25) is 0 Å². The first-order valence-corrected chi connectivity index (χ1v) is 11.4. The highest BCUT2D eigenvalue weighted by Gasteiger charge is 2.21. The van der Waals surface area contributed by atoms with Crippen LogP contribution in [0.25, 0.3) is 0 Å². The van der Waals surface area contributed by atoms with Crippen molar-refractivity contribution in [2.45, 2.75) is 19.8 Å².